The van der Waals surface area contributed by atoms with Crippen molar-refractivity contribution in [2.24, 2.45) is 5.92 Å². The lowest BCUT2D eigenvalue weighted by Crippen LogP contribution is -1.43. The molecule has 0 saturated heterocycles. The van der Waals surface area contributed by atoms with Crippen molar-refractivity contribution < 1.29 is 0 Å². The minimum absolute atomic E-state index is 0.833. The average Bonchev–Trinajstić information content (AvgIpc) is 1.75. The first-order valence-electron chi connectivity index (χ1n) is 1.72. The molecule has 0 heterocycles. The Kier molecular flexibility index (Phi) is 0.270. The molecule has 0 heteroatoms. The van der Waals surface area contributed by atoms with E-state index in [4.69, 9.17) is 0 Å². The SMILES string of the molecule is [CH2]C1CC1. The smallest absolute Gasteiger partial charge is 0.0414 e. The zero-order chi connectivity index (χ0) is 2.99. The second-order valence-corrected chi connectivity index (χ2v) is 1.44. The van der Waals surface area contributed by atoms with Crippen molar-refractivity contribution in [2.75, 3.05) is 0 Å². The summed E-state index contributed by atoms with van der Waals surface area (Å²) in [6, 6.07) is 0. The molecule has 0 aromatic heterocycles. The molecule has 1 fully saturated rings. The quantitative estimate of drug-likeness (QED) is 0.391. The van der Waals surface area contributed by atoms with Gasteiger partial charge in [0.25, 0.3) is 0 Å². The zero-order valence-electron chi connectivity index (χ0n) is 2.70. The van der Waals surface area contributed by atoms with Crippen LogP contribution in [0.5, 0.6) is 0 Å². The number of hydrogen-bond acceptors (Lipinski definition) is 0. The summed E-state index contributed by atoms with van der Waals surface area (Å²) in [6.07, 6.45) is 2.75. The molecule has 1 aliphatic rings. The Labute approximate surface area is 26.8 Å². The highest BCUT2D eigenvalue weighted by atomic mass is 14.2. The maximum absolute atomic E-state index is 3.75. The van der Waals surface area contributed by atoms with Crippen LogP contribution in [0, 0.1) is 12.8 Å². The number of rotatable bonds is 0. The van der Waals surface area contributed by atoms with Crippen molar-refractivity contribution in [3.63, 3.8) is 0 Å². The van der Waals surface area contributed by atoms with Gasteiger partial charge in [0.05, 0.1) is 0 Å². The maximum atomic E-state index is 3.75. The highest BCUT2D eigenvalue weighted by molar-refractivity contribution is 4.73. The van der Waals surface area contributed by atoms with E-state index in [1.807, 2.05) is 0 Å². The standard InChI is InChI=1S/C4H7/c1-4-2-3-4/h4H,1-3H2. The Morgan fingerprint density at radius 3 is 1.75 bits per heavy atom. The fourth-order valence-corrected chi connectivity index (χ4v) is 0.118. The molecule has 0 N–H and O–H groups in total. The monoisotopic (exact) mass is 55.1 g/mol. The van der Waals surface area contributed by atoms with Gasteiger partial charge in [0.2, 0.25) is 0 Å². The zero-order valence-corrected chi connectivity index (χ0v) is 2.70. The summed E-state index contributed by atoms with van der Waals surface area (Å²) in [5, 5.41) is 0. The van der Waals surface area contributed by atoms with Crippen molar-refractivity contribution >= 4 is 0 Å². The third-order valence-corrected chi connectivity index (χ3v) is 0.697. The van der Waals surface area contributed by atoms with Gasteiger partial charge in [-0.3, -0.25) is 0 Å². The summed E-state index contributed by atoms with van der Waals surface area (Å²) in [5.41, 5.74) is 0. The molecule has 0 unspecified atom stereocenters. The molecule has 0 nitrogen and oxygen atoms in total. The molecule has 0 bridgehead atoms. The molecule has 1 saturated carbocycles. The maximum Gasteiger partial charge on any atom is -0.0414 e. The van der Waals surface area contributed by atoms with Crippen LogP contribution in [0.1, 0.15) is 12.8 Å². The summed E-state index contributed by atoms with van der Waals surface area (Å²) >= 11 is 0. The molecule has 23 valence electrons. The molecule has 4 heavy (non-hydrogen) atoms. The molecule has 1 rings (SSSR count). The normalized spacial score (nSPS) is 26.2. The Morgan fingerprint density at radius 1 is 1.50 bits per heavy atom. The van der Waals surface area contributed by atoms with Crippen LogP contribution >= 0.6 is 0 Å². The van der Waals surface area contributed by atoms with Gasteiger partial charge in [0, 0.05) is 0 Å². The second-order valence-electron chi connectivity index (χ2n) is 1.44. The number of hydrogen-bond donors (Lipinski definition) is 0. The van der Waals surface area contributed by atoms with Gasteiger partial charge in [-0.15, -0.1) is 0 Å². The molecule has 0 aromatic carbocycles. The van der Waals surface area contributed by atoms with Crippen LogP contribution in [0.25, 0.3) is 0 Å². The predicted octanol–water partition coefficient (Wildman–Crippen LogP) is 1.23. The summed E-state index contributed by atoms with van der Waals surface area (Å²) in [6.45, 7) is 3.75. The third kappa shape index (κ3) is 0.222. The average molecular weight is 55.1 g/mol. The molecule has 0 aromatic rings. The van der Waals surface area contributed by atoms with E-state index < -0.39 is 0 Å². The summed E-state index contributed by atoms with van der Waals surface area (Å²) in [5.74, 6) is 0.833. The fourth-order valence-electron chi connectivity index (χ4n) is 0.118. The van der Waals surface area contributed by atoms with Crippen LogP contribution in [-0.4, -0.2) is 0 Å². The van der Waals surface area contributed by atoms with Gasteiger partial charge in [-0.2, -0.15) is 0 Å². The van der Waals surface area contributed by atoms with Crippen LogP contribution in [0.2, 0.25) is 0 Å². The van der Waals surface area contributed by atoms with Crippen molar-refractivity contribution in [3.05, 3.63) is 6.92 Å². The topological polar surface area (TPSA) is 0 Å². The third-order valence-electron chi connectivity index (χ3n) is 0.697. The predicted molar refractivity (Wildman–Crippen MR) is 18.1 cm³/mol. The van der Waals surface area contributed by atoms with Crippen molar-refractivity contribution in [1.29, 1.82) is 0 Å². The van der Waals surface area contributed by atoms with Gasteiger partial charge >= 0.3 is 0 Å². The van der Waals surface area contributed by atoms with Crippen LogP contribution in [-0.2, 0) is 0 Å². The van der Waals surface area contributed by atoms with Crippen LogP contribution in [0.4, 0.5) is 0 Å². The van der Waals surface area contributed by atoms with Crippen LogP contribution in [0.3, 0.4) is 0 Å². The van der Waals surface area contributed by atoms with E-state index in [0.717, 1.165) is 5.92 Å². The first kappa shape index (κ1) is 2.25. The fraction of sp³-hybridized carbons (Fsp3) is 0.750. The summed E-state index contributed by atoms with van der Waals surface area (Å²) < 4.78 is 0. The Hall–Kier alpha value is 0. The molecular weight excluding hydrogens is 48.0 g/mol. The molecule has 0 aliphatic heterocycles. The van der Waals surface area contributed by atoms with E-state index in [-0.39, 0.29) is 0 Å². The van der Waals surface area contributed by atoms with Crippen molar-refractivity contribution in [3.8, 4) is 0 Å². The molecular formula is C4H7. The summed E-state index contributed by atoms with van der Waals surface area (Å²) in [4.78, 5) is 0. The van der Waals surface area contributed by atoms with Gasteiger partial charge in [-0.1, -0.05) is 19.8 Å². The highest BCUT2D eigenvalue weighted by Gasteiger charge is 2.12. The Morgan fingerprint density at radius 2 is 1.75 bits per heavy atom. The summed E-state index contributed by atoms with van der Waals surface area (Å²) in [7, 11) is 0. The largest absolute Gasteiger partial charge is 0.0502 e. The lowest BCUT2D eigenvalue weighted by Gasteiger charge is -1.53. The van der Waals surface area contributed by atoms with Crippen molar-refractivity contribution in [2.45, 2.75) is 12.8 Å². The van der Waals surface area contributed by atoms with E-state index in [1.54, 1.807) is 0 Å². The van der Waals surface area contributed by atoms with E-state index in [9.17, 15) is 0 Å². The lowest BCUT2D eigenvalue weighted by molar-refractivity contribution is 1.12. The highest BCUT2D eigenvalue weighted by Crippen LogP contribution is 2.26. The molecule has 1 radical (unpaired) electrons. The molecule has 0 amide bonds. The Bertz CT molecular complexity index is 19.2. The van der Waals surface area contributed by atoms with Crippen LogP contribution < -0.4 is 0 Å². The van der Waals surface area contributed by atoms with Crippen molar-refractivity contribution in [1.82, 2.24) is 0 Å². The first-order chi connectivity index (χ1) is 1.89. The van der Waals surface area contributed by atoms with Gasteiger partial charge in [0.15, 0.2) is 0 Å². The first-order valence-corrected chi connectivity index (χ1v) is 1.72. The van der Waals surface area contributed by atoms with Gasteiger partial charge in [0.1, 0.15) is 0 Å². The van der Waals surface area contributed by atoms with E-state index in [2.05, 4.69) is 6.92 Å². The minimum atomic E-state index is 0.833. The van der Waals surface area contributed by atoms with E-state index in [0.29, 0.717) is 0 Å². The van der Waals surface area contributed by atoms with Gasteiger partial charge < -0.3 is 0 Å². The van der Waals surface area contributed by atoms with E-state index >= 15 is 0 Å². The van der Waals surface area contributed by atoms with E-state index in [1.165, 1.54) is 12.8 Å². The molecule has 1 aliphatic carbocycles. The lowest BCUT2D eigenvalue weighted by atomic mass is 10.5. The van der Waals surface area contributed by atoms with Gasteiger partial charge in [-0.25, -0.2) is 0 Å². The van der Waals surface area contributed by atoms with Gasteiger partial charge in [-0.05, 0) is 5.92 Å². The second kappa shape index (κ2) is 0.480. The van der Waals surface area contributed by atoms with Crippen LogP contribution in [0.15, 0.2) is 0 Å². The molecule has 0 spiro atoms. The minimum Gasteiger partial charge on any atom is -0.0502 e. The Balaban J connectivity index is 2.17. The molecule has 0 atom stereocenters.